The number of nitrogens with one attached hydrogen (secondary N) is 2. The Morgan fingerprint density at radius 2 is 2.06 bits per heavy atom. The Morgan fingerprint density at radius 1 is 1.39 bits per heavy atom. The SMILES string of the molecule is C[C@@H](O)[C@H]1C(=O)N2C(C(=O)O)=C(S[C@@H]3CN[C@H](CNC(=O)[C@@H](N)CC(N)=O)C3)[C@H](C)[C@H]12. The highest BCUT2D eigenvalue weighted by atomic mass is 32.2. The van der Waals surface area contributed by atoms with Gasteiger partial charge in [0.15, 0.2) is 0 Å². The lowest BCUT2D eigenvalue weighted by molar-refractivity contribution is -0.163. The fourth-order valence-electron chi connectivity index (χ4n) is 4.55. The highest BCUT2D eigenvalue weighted by Gasteiger charge is 2.60. The molecule has 2 fully saturated rings. The molecule has 0 radical (unpaired) electrons. The standard InChI is InChI=1S/C19H29N5O6S/c1-7-14-13(8(2)25)18(28)24(14)15(19(29)30)16(7)31-10-3-9(22-6-10)5-23-17(27)11(20)4-12(21)26/h7-11,13-14,22,25H,3-6,20H2,1-2H3,(H2,21,26)(H,23,27)(H,29,30)/t7-,8-,9+,10+,11+,13-,14-/m1/s1. The van der Waals surface area contributed by atoms with Crippen LogP contribution in [0.25, 0.3) is 0 Å². The van der Waals surface area contributed by atoms with Gasteiger partial charge in [-0.05, 0) is 13.3 Å². The average Bonchev–Trinajstić information content (AvgIpc) is 3.21. The van der Waals surface area contributed by atoms with Gasteiger partial charge in [0.05, 0.1) is 30.5 Å². The Kier molecular flexibility index (Phi) is 6.94. The molecule has 8 N–H and O–H groups in total. The molecule has 31 heavy (non-hydrogen) atoms. The molecule has 0 aliphatic carbocycles. The second-order valence-electron chi connectivity index (χ2n) is 8.37. The summed E-state index contributed by atoms with van der Waals surface area (Å²) in [5, 5.41) is 25.7. The van der Waals surface area contributed by atoms with Gasteiger partial charge in [-0.2, -0.15) is 0 Å². The molecule has 12 heteroatoms. The van der Waals surface area contributed by atoms with Crippen molar-refractivity contribution in [1.29, 1.82) is 0 Å². The fraction of sp³-hybridized carbons (Fsp3) is 0.684. The number of nitrogens with two attached hydrogens (primary N) is 2. The van der Waals surface area contributed by atoms with E-state index in [1.54, 1.807) is 6.92 Å². The molecule has 0 aromatic rings. The van der Waals surface area contributed by atoms with Crippen LogP contribution in [0, 0.1) is 11.8 Å². The highest BCUT2D eigenvalue weighted by molar-refractivity contribution is 8.03. The number of carboxylic acids is 1. The predicted octanol–water partition coefficient (Wildman–Crippen LogP) is -2.08. The number of primary amides is 1. The molecule has 0 aromatic heterocycles. The van der Waals surface area contributed by atoms with Crippen molar-refractivity contribution in [3.05, 3.63) is 10.6 Å². The number of aliphatic hydroxyl groups is 1. The Morgan fingerprint density at radius 3 is 2.65 bits per heavy atom. The number of fused-ring (bicyclic) bond motifs is 1. The Balaban J connectivity index is 1.59. The molecular weight excluding hydrogens is 426 g/mol. The minimum atomic E-state index is -1.15. The number of aliphatic carboxylic acids is 1. The second-order valence-corrected chi connectivity index (χ2v) is 9.72. The number of thioether (sulfide) groups is 1. The van der Waals surface area contributed by atoms with Gasteiger partial charge in [0, 0.05) is 35.2 Å². The Bertz CT molecular complexity index is 818. The van der Waals surface area contributed by atoms with Crippen molar-refractivity contribution >= 4 is 35.5 Å². The van der Waals surface area contributed by atoms with Gasteiger partial charge in [-0.15, -0.1) is 11.8 Å². The van der Waals surface area contributed by atoms with Crippen molar-refractivity contribution in [2.45, 2.75) is 56.2 Å². The number of nitrogens with zero attached hydrogens (tertiary/aromatic N) is 1. The van der Waals surface area contributed by atoms with Gasteiger partial charge in [0.25, 0.3) is 0 Å². The summed E-state index contributed by atoms with van der Waals surface area (Å²) in [5.74, 6) is -3.36. The van der Waals surface area contributed by atoms with Gasteiger partial charge in [0.2, 0.25) is 17.7 Å². The normalized spacial score (nSPS) is 31.8. The molecule has 0 aromatic carbocycles. The third-order valence-electron chi connectivity index (χ3n) is 6.07. The highest BCUT2D eigenvalue weighted by Crippen LogP contribution is 2.51. The Labute approximate surface area is 183 Å². The molecule has 7 atom stereocenters. The van der Waals surface area contributed by atoms with Crippen LogP contribution < -0.4 is 22.1 Å². The molecule has 2 saturated heterocycles. The van der Waals surface area contributed by atoms with Crippen molar-refractivity contribution < 1.29 is 29.4 Å². The molecule has 0 spiro atoms. The van der Waals surface area contributed by atoms with Gasteiger partial charge >= 0.3 is 5.97 Å². The van der Waals surface area contributed by atoms with Crippen molar-refractivity contribution in [2.24, 2.45) is 23.3 Å². The number of hydrogen-bond acceptors (Lipinski definition) is 8. The zero-order valence-corrected chi connectivity index (χ0v) is 18.2. The van der Waals surface area contributed by atoms with Crippen LogP contribution in [-0.2, 0) is 19.2 Å². The van der Waals surface area contributed by atoms with E-state index in [1.807, 2.05) is 6.92 Å². The van der Waals surface area contributed by atoms with Crippen molar-refractivity contribution in [1.82, 2.24) is 15.5 Å². The maximum Gasteiger partial charge on any atom is 0.353 e. The molecule has 3 rings (SSSR count). The molecule has 172 valence electrons. The van der Waals surface area contributed by atoms with Gasteiger partial charge < -0.3 is 37.2 Å². The average molecular weight is 456 g/mol. The predicted molar refractivity (Wildman–Crippen MR) is 112 cm³/mol. The van der Waals surface area contributed by atoms with Crippen LogP contribution in [0.4, 0.5) is 0 Å². The lowest BCUT2D eigenvalue weighted by atomic mass is 9.79. The molecule has 0 unspecified atom stereocenters. The minimum absolute atomic E-state index is 0.0126. The van der Waals surface area contributed by atoms with Crippen molar-refractivity contribution in [2.75, 3.05) is 13.1 Å². The first-order valence-corrected chi connectivity index (χ1v) is 11.1. The van der Waals surface area contributed by atoms with E-state index in [-0.39, 0.29) is 41.3 Å². The van der Waals surface area contributed by atoms with E-state index in [1.165, 1.54) is 16.7 Å². The summed E-state index contributed by atoms with van der Waals surface area (Å²) in [7, 11) is 0. The van der Waals surface area contributed by atoms with E-state index >= 15 is 0 Å². The quantitative estimate of drug-likeness (QED) is 0.212. The number of rotatable bonds is 9. The molecule has 3 aliphatic rings. The monoisotopic (exact) mass is 455 g/mol. The van der Waals surface area contributed by atoms with E-state index in [0.717, 1.165) is 0 Å². The summed E-state index contributed by atoms with van der Waals surface area (Å²) in [4.78, 5) is 49.1. The zero-order valence-electron chi connectivity index (χ0n) is 17.4. The summed E-state index contributed by atoms with van der Waals surface area (Å²) < 4.78 is 0. The smallest absolute Gasteiger partial charge is 0.353 e. The van der Waals surface area contributed by atoms with Crippen LogP contribution in [0.1, 0.15) is 26.7 Å². The molecule has 3 amide bonds. The largest absolute Gasteiger partial charge is 0.477 e. The first kappa shape index (κ1) is 23.5. The Hall–Kier alpha value is -2.15. The number of hydrogen-bond donors (Lipinski definition) is 6. The van der Waals surface area contributed by atoms with Crippen LogP contribution in [0.15, 0.2) is 10.6 Å². The first-order valence-electron chi connectivity index (χ1n) is 10.2. The maximum atomic E-state index is 12.4. The summed E-state index contributed by atoms with van der Waals surface area (Å²) in [6, 6.07) is -1.36. The fourth-order valence-corrected chi connectivity index (χ4v) is 6.07. The number of carbonyl (C=O) groups is 4. The van der Waals surface area contributed by atoms with Crippen LogP contribution in [0.3, 0.4) is 0 Å². The van der Waals surface area contributed by atoms with Crippen LogP contribution in [0.5, 0.6) is 0 Å². The van der Waals surface area contributed by atoms with E-state index in [0.29, 0.717) is 24.4 Å². The van der Waals surface area contributed by atoms with E-state index in [4.69, 9.17) is 11.5 Å². The molecule has 0 saturated carbocycles. The third kappa shape index (κ3) is 4.56. The van der Waals surface area contributed by atoms with E-state index in [2.05, 4.69) is 10.6 Å². The van der Waals surface area contributed by atoms with Gasteiger partial charge in [0.1, 0.15) is 5.70 Å². The third-order valence-corrected chi connectivity index (χ3v) is 7.58. The van der Waals surface area contributed by atoms with Gasteiger partial charge in [-0.3, -0.25) is 14.4 Å². The minimum Gasteiger partial charge on any atom is -0.477 e. The van der Waals surface area contributed by atoms with Crippen LogP contribution in [-0.4, -0.2) is 81.4 Å². The molecule has 11 nitrogen and oxygen atoms in total. The molecular formula is C19H29N5O6S. The van der Waals surface area contributed by atoms with Crippen molar-refractivity contribution in [3.63, 3.8) is 0 Å². The number of amides is 3. The summed E-state index contributed by atoms with van der Waals surface area (Å²) in [5.41, 5.74) is 10.7. The van der Waals surface area contributed by atoms with Crippen molar-refractivity contribution in [3.8, 4) is 0 Å². The van der Waals surface area contributed by atoms with Crippen LogP contribution in [0.2, 0.25) is 0 Å². The summed E-state index contributed by atoms with van der Waals surface area (Å²) in [6.07, 6.45) is -0.383. The maximum absolute atomic E-state index is 12.4. The lowest BCUT2D eigenvalue weighted by Crippen LogP contribution is -2.63. The van der Waals surface area contributed by atoms with Gasteiger partial charge in [-0.25, -0.2) is 4.79 Å². The summed E-state index contributed by atoms with van der Waals surface area (Å²) in [6.45, 7) is 4.37. The topological polar surface area (TPSA) is 188 Å². The number of aliphatic hydroxyl groups excluding tert-OH is 1. The number of carboxylic acid groups (broad SMARTS) is 1. The molecule has 3 aliphatic heterocycles. The number of β-lactam (4-membered cyclic amide) rings is 1. The summed E-state index contributed by atoms with van der Waals surface area (Å²) >= 11 is 1.44. The van der Waals surface area contributed by atoms with Crippen LogP contribution >= 0.6 is 11.8 Å². The molecule has 0 bridgehead atoms. The van der Waals surface area contributed by atoms with Gasteiger partial charge in [-0.1, -0.05) is 6.92 Å². The lowest BCUT2D eigenvalue weighted by Gasteiger charge is -2.46. The number of carbonyl (C=O) groups excluding carboxylic acids is 3. The zero-order chi connectivity index (χ0) is 23.0. The molecule has 3 heterocycles. The van der Waals surface area contributed by atoms with E-state index in [9.17, 15) is 29.4 Å². The van der Waals surface area contributed by atoms with E-state index < -0.39 is 35.8 Å². The second kappa shape index (κ2) is 9.15. The first-order chi connectivity index (χ1) is 14.5.